The van der Waals surface area contributed by atoms with E-state index in [4.69, 9.17) is 17.0 Å². The van der Waals surface area contributed by atoms with E-state index in [0.717, 1.165) is 6.42 Å². The van der Waals surface area contributed by atoms with Crippen molar-refractivity contribution >= 4 is 29.0 Å². The van der Waals surface area contributed by atoms with Gasteiger partial charge in [0.05, 0.1) is 0 Å². The third-order valence-electron chi connectivity index (χ3n) is 3.41. The van der Waals surface area contributed by atoms with Crippen LogP contribution in [0.15, 0.2) is 48.5 Å². The first-order valence-corrected chi connectivity index (χ1v) is 8.04. The molecule has 0 saturated heterocycles. The summed E-state index contributed by atoms with van der Waals surface area (Å²) in [4.78, 5) is 12.1. The maximum atomic E-state index is 12.9. The zero-order chi connectivity index (χ0) is 17.5. The van der Waals surface area contributed by atoms with Gasteiger partial charge in [0.1, 0.15) is 11.6 Å². The number of hydrogen-bond acceptors (Lipinski definition) is 3. The number of halogens is 1. The molecule has 1 atom stereocenters. The summed E-state index contributed by atoms with van der Waals surface area (Å²) in [7, 11) is 0. The number of benzene rings is 2. The third-order valence-corrected chi connectivity index (χ3v) is 3.61. The fraction of sp³-hybridized carbons (Fsp3) is 0.222. The molecule has 1 amide bonds. The molecule has 4 nitrogen and oxygen atoms in total. The molecule has 0 heterocycles. The van der Waals surface area contributed by atoms with E-state index in [2.05, 4.69) is 17.6 Å². The first kappa shape index (κ1) is 17.9. The van der Waals surface area contributed by atoms with Crippen LogP contribution in [-0.4, -0.2) is 17.1 Å². The second-order valence-electron chi connectivity index (χ2n) is 5.33. The molecule has 2 N–H and O–H groups in total. The van der Waals surface area contributed by atoms with Crippen molar-refractivity contribution in [2.75, 3.05) is 5.32 Å². The van der Waals surface area contributed by atoms with Gasteiger partial charge in [-0.05, 0) is 74.1 Å². The highest BCUT2D eigenvalue weighted by Gasteiger charge is 2.08. The normalized spacial score (nSPS) is 11.5. The lowest BCUT2D eigenvalue weighted by Crippen LogP contribution is -2.34. The molecule has 126 valence electrons. The third kappa shape index (κ3) is 5.31. The number of nitrogens with one attached hydrogen (secondary N) is 2. The Kier molecular flexibility index (Phi) is 6.26. The van der Waals surface area contributed by atoms with E-state index in [-0.39, 0.29) is 17.8 Å². The van der Waals surface area contributed by atoms with Crippen LogP contribution in [0.2, 0.25) is 0 Å². The van der Waals surface area contributed by atoms with Gasteiger partial charge in [-0.15, -0.1) is 0 Å². The van der Waals surface area contributed by atoms with Crippen LogP contribution >= 0.6 is 12.2 Å². The SMILES string of the molecule is CC[C@H](C)NC(=S)Oc1ccc(C(=O)Nc2ccc(F)cc2)cc1. The van der Waals surface area contributed by atoms with E-state index < -0.39 is 0 Å². The molecule has 2 rings (SSSR count). The molecule has 0 spiro atoms. The highest BCUT2D eigenvalue weighted by molar-refractivity contribution is 7.80. The molecule has 0 aliphatic heterocycles. The zero-order valence-electron chi connectivity index (χ0n) is 13.5. The van der Waals surface area contributed by atoms with Gasteiger partial charge in [-0.2, -0.15) is 0 Å². The van der Waals surface area contributed by atoms with Gasteiger partial charge in [0.15, 0.2) is 0 Å². The Labute approximate surface area is 146 Å². The van der Waals surface area contributed by atoms with Gasteiger partial charge in [-0.3, -0.25) is 4.79 Å². The van der Waals surface area contributed by atoms with Crippen molar-refractivity contribution < 1.29 is 13.9 Å². The summed E-state index contributed by atoms with van der Waals surface area (Å²) in [6.07, 6.45) is 0.937. The number of thiocarbonyl (C=S) groups is 1. The van der Waals surface area contributed by atoms with E-state index in [1.807, 2.05) is 6.92 Å². The topological polar surface area (TPSA) is 50.4 Å². The summed E-state index contributed by atoms with van der Waals surface area (Å²) >= 11 is 5.12. The summed E-state index contributed by atoms with van der Waals surface area (Å²) in [5, 5.41) is 6.05. The molecule has 2 aromatic carbocycles. The van der Waals surface area contributed by atoms with Gasteiger partial charge < -0.3 is 15.4 Å². The Morgan fingerprint density at radius 3 is 2.38 bits per heavy atom. The van der Waals surface area contributed by atoms with Crippen LogP contribution in [0.4, 0.5) is 10.1 Å². The minimum absolute atomic E-state index is 0.235. The van der Waals surface area contributed by atoms with Crippen molar-refractivity contribution in [2.45, 2.75) is 26.3 Å². The van der Waals surface area contributed by atoms with E-state index in [1.165, 1.54) is 24.3 Å². The van der Waals surface area contributed by atoms with Crippen LogP contribution in [0.3, 0.4) is 0 Å². The number of ether oxygens (including phenoxy) is 1. The summed E-state index contributed by atoms with van der Waals surface area (Å²) in [5.41, 5.74) is 0.994. The van der Waals surface area contributed by atoms with Crippen LogP contribution in [0.25, 0.3) is 0 Å². The average molecular weight is 346 g/mol. The molecule has 0 fully saturated rings. The Hall–Kier alpha value is -2.47. The number of rotatable bonds is 5. The standard InChI is InChI=1S/C18H19FN2O2S/c1-3-12(2)20-18(24)23-16-10-4-13(5-11-16)17(22)21-15-8-6-14(19)7-9-15/h4-12H,3H2,1-2H3,(H,20,24)(H,21,22)/t12-/m0/s1. The van der Waals surface area contributed by atoms with Gasteiger partial charge in [0.25, 0.3) is 11.1 Å². The minimum atomic E-state index is -0.350. The summed E-state index contributed by atoms with van der Waals surface area (Å²) in [6, 6.07) is 12.4. The molecule has 0 aromatic heterocycles. The van der Waals surface area contributed by atoms with Gasteiger partial charge >= 0.3 is 0 Å². The number of anilines is 1. The molecule has 0 aliphatic rings. The molecule has 0 aliphatic carbocycles. The maximum absolute atomic E-state index is 12.9. The van der Waals surface area contributed by atoms with Crippen LogP contribution < -0.4 is 15.4 Å². The predicted octanol–water partition coefficient (Wildman–Crippen LogP) is 4.13. The van der Waals surface area contributed by atoms with Crippen molar-refractivity contribution in [1.82, 2.24) is 5.32 Å². The quantitative estimate of drug-likeness (QED) is 0.799. The Morgan fingerprint density at radius 1 is 1.17 bits per heavy atom. The monoisotopic (exact) mass is 346 g/mol. The molecule has 0 saturated carbocycles. The fourth-order valence-corrected chi connectivity index (χ4v) is 2.15. The summed E-state index contributed by atoms with van der Waals surface area (Å²) in [5.74, 6) is -0.0842. The molecular formula is C18H19FN2O2S. The lowest BCUT2D eigenvalue weighted by atomic mass is 10.2. The molecule has 0 unspecified atom stereocenters. The van der Waals surface area contributed by atoms with E-state index in [1.54, 1.807) is 24.3 Å². The molecule has 0 bridgehead atoms. The average Bonchev–Trinajstić information content (AvgIpc) is 2.57. The highest BCUT2D eigenvalue weighted by atomic mass is 32.1. The molecule has 0 radical (unpaired) electrons. The number of hydrogen-bond donors (Lipinski definition) is 2. The summed E-state index contributed by atoms with van der Waals surface area (Å²) < 4.78 is 18.4. The number of carbonyl (C=O) groups excluding carboxylic acids is 1. The van der Waals surface area contributed by atoms with Crippen molar-refractivity contribution in [3.63, 3.8) is 0 Å². The van der Waals surface area contributed by atoms with E-state index in [0.29, 0.717) is 22.2 Å². The van der Waals surface area contributed by atoms with E-state index in [9.17, 15) is 9.18 Å². The maximum Gasteiger partial charge on any atom is 0.262 e. The first-order valence-electron chi connectivity index (χ1n) is 7.63. The lowest BCUT2D eigenvalue weighted by molar-refractivity contribution is 0.102. The summed E-state index contributed by atoms with van der Waals surface area (Å²) in [6.45, 7) is 4.06. The predicted molar refractivity (Wildman–Crippen MR) is 96.9 cm³/mol. The van der Waals surface area contributed by atoms with Gasteiger partial charge in [0.2, 0.25) is 0 Å². The van der Waals surface area contributed by atoms with E-state index >= 15 is 0 Å². The first-order chi connectivity index (χ1) is 11.5. The van der Waals surface area contributed by atoms with Crippen molar-refractivity contribution in [3.05, 3.63) is 59.9 Å². The number of carbonyl (C=O) groups is 1. The van der Waals surface area contributed by atoms with Crippen LogP contribution in [0.1, 0.15) is 30.6 Å². The highest BCUT2D eigenvalue weighted by Crippen LogP contribution is 2.15. The minimum Gasteiger partial charge on any atom is -0.432 e. The second kappa shape index (κ2) is 8.40. The van der Waals surface area contributed by atoms with Gasteiger partial charge in [-0.1, -0.05) is 6.92 Å². The van der Waals surface area contributed by atoms with Gasteiger partial charge in [0, 0.05) is 17.3 Å². The zero-order valence-corrected chi connectivity index (χ0v) is 14.3. The van der Waals surface area contributed by atoms with Crippen LogP contribution in [-0.2, 0) is 0 Å². The molecular weight excluding hydrogens is 327 g/mol. The fourth-order valence-electron chi connectivity index (χ4n) is 1.85. The Bertz CT molecular complexity index is 702. The second-order valence-corrected chi connectivity index (χ2v) is 5.70. The Balaban J connectivity index is 1.94. The number of amides is 1. The molecule has 2 aromatic rings. The van der Waals surface area contributed by atoms with Crippen LogP contribution in [0, 0.1) is 5.82 Å². The Morgan fingerprint density at radius 2 is 1.79 bits per heavy atom. The molecule has 24 heavy (non-hydrogen) atoms. The largest absolute Gasteiger partial charge is 0.432 e. The van der Waals surface area contributed by atoms with Crippen molar-refractivity contribution in [2.24, 2.45) is 0 Å². The molecule has 6 heteroatoms. The lowest BCUT2D eigenvalue weighted by Gasteiger charge is -2.14. The van der Waals surface area contributed by atoms with Crippen molar-refractivity contribution in [3.8, 4) is 5.75 Å². The smallest absolute Gasteiger partial charge is 0.262 e. The van der Waals surface area contributed by atoms with Crippen molar-refractivity contribution in [1.29, 1.82) is 0 Å². The van der Waals surface area contributed by atoms with Crippen LogP contribution in [0.5, 0.6) is 5.75 Å². The van der Waals surface area contributed by atoms with Gasteiger partial charge in [-0.25, -0.2) is 4.39 Å².